The van der Waals surface area contributed by atoms with E-state index in [1.165, 1.54) is 17.7 Å². The SMILES string of the molecule is CC(=O)c1ccc(-c2cncc3[nH]c(-c4n[nH]c5ccc(-c6cncnc6)nc45)cc23)s1. The number of pyridine rings is 2. The number of carbonyl (C=O) groups excluding carboxylic acids is 1. The highest BCUT2D eigenvalue weighted by Crippen LogP contribution is 2.36. The van der Waals surface area contributed by atoms with Crippen LogP contribution in [-0.4, -0.2) is 40.9 Å². The van der Waals surface area contributed by atoms with Crippen molar-refractivity contribution in [3.05, 3.63) is 66.3 Å². The van der Waals surface area contributed by atoms with Gasteiger partial charge >= 0.3 is 0 Å². The first-order valence-corrected chi connectivity index (χ1v) is 10.7. The van der Waals surface area contributed by atoms with E-state index in [0.717, 1.165) is 59.9 Å². The van der Waals surface area contributed by atoms with Crippen molar-refractivity contribution in [2.45, 2.75) is 6.92 Å². The van der Waals surface area contributed by atoms with Crippen LogP contribution in [0.2, 0.25) is 0 Å². The van der Waals surface area contributed by atoms with Gasteiger partial charge in [0.15, 0.2) is 5.78 Å². The van der Waals surface area contributed by atoms with Gasteiger partial charge in [0.05, 0.1) is 33.5 Å². The van der Waals surface area contributed by atoms with Crippen LogP contribution in [0, 0.1) is 0 Å². The summed E-state index contributed by atoms with van der Waals surface area (Å²) in [7, 11) is 0. The standard InChI is InChI=1S/C23H15N7OS/c1-12(31)20-4-5-21(32-20)15-9-24-10-19-14(15)6-18(27-19)23-22-17(29-30-23)3-2-16(28-22)13-7-25-11-26-8-13/h2-11,27H,1H3,(H,29,30). The number of Topliss-reactive ketones (excluding diaryl/α,β-unsaturated/α-hetero) is 1. The van der Waals surface area contributed by atoms with Gasteiger partial charge in [-0.25, -0.2) is 15.0 Å². The van der Waals surface area contributed by atoms with Gasteiger partial charge in [-0.2, -0.15) is 5.10 Å². The fraction of sp³-hybridized carbons (Fsp3) is 0.0435. The van der Waals surface area contributed by atoms with E-state index in [1.54, 1.807) is 25.5 Å². The number of aromatic amines is 2. The van der Waals surface area contributed by atoms with E-state index in [2.05, 4.69) is 36.2 Å². The van der Waals surface area contributed by atoms with Gasteiger partial charge in [0.25, 0.3) is 0 Å². The number of fused-ring (bicyclic) bond motifs is 2. The van der Waals surface area contributed by atoms with Crippen molar-refractivity contribution >= 4 is 39.1 Å². The lowest BCUT2D eigenvalue weighted by Crippen LogP contribution is -1.87. The molecule has 0 aliphatic carbocycles. The molecule has 0 atom stereocenters. The van der Waals surface area contributed by atoms with Gasteiger partial charge < -0.3 is 4.98 Å². The normalized spacial score (nSPS) is 11.4. The highest BCUT2D eigenvalue weighted by atomic mass is 32.1. The lowest BCUT2D eigenvalue weighted by atomic mass is 10.1. The zero-order valence-electron chi connectivity index (χ0n) is 16.8. The second-order valence-electron chi connectivity index (χ2n) is 7.34. The van der Waals surface area contributed by atoms with Gasteiger partial charge in [0, 0.05) is 40.0 Å². The molecule has 6 aromatic heterocycles. The molecule has 6 rings (SSSR count). The summed E-state index contributed by atoms with van der Waals surface area (Å²) in [6.45, 7) is 1.58. The predicted molar refractivity (Wildman–Crippen MR) is 123 cm³/mol. The number of hydrogen-bond donors (Lipinski definition) is 2. The topological polar surface area (TPSA) is 113 Å². The van der Waals surface area contributed by atoms with Gasteiger partial charge in [-0.3, -0.25) is 14.9 Å². The van der Waals surface area contributed by atoms with Crippen LogP contribution in [0.4, 0.5) is 0 Å². The minimum Gasteiger partial charge on any atom is -0.352 e. The summed E-state index contributed by atoms with van der Waals surface area (Å²) in [4.78, 5) is 34.2. The highest BCUT2D eigenvalue weighted by molar-refractivity contribution is 7.17. The Balaban J connectivity index is 1.49. The molecule has 0 saturated carbocycles. The Morgan fingerprint density at radius 1 is 0.969 bits per heavy atom. The van der Waals surface area contributed by atoms with Gasteiger partial charge in [-0.15, -0.1) is 11.3 Å². The second kappa shape index (κ2) is 7.17. The largest absolute Gasteiger partial charge is 0.352 e. The molecule has 6 aromatic rings. The van der Waals surface area contributed by atoms with E-state index in [-0.39, 0.29) is 5.78 Å². The smallest absolute Gasteiger partial charge is 0.169 e. The van der Waals surface area contributed by atoms with Gasteiger partial charge in [0.1, 0.15) is 17.5 Å². The number of H-pyrrole nitrogens is 2. The summed E-state index contributed by atoms with van der Waals surface area (Å²) >= 11 is 1.47. The second-order valence-corrected chi connectivity index (χ2v) is 8.43. The molecule has 0 aliphatic rings. The highest BCUT2D eigenvalue weighted by Gasteiger charge is 2.16. The van der Waals surface area contributed by atoms with Gasteiger partial charge in [-0.05, 0) is 37.3 Å². The number of hydrogen-bond acceptors (Lipinski definition) is 7. The Kier molecular flexibility index (Phi) is 4.15. The Labute approximate surface area is 185 Å². The number of thiophene rings is 1. The molecule has 0 radical (unpaired) electrons. The fourth-order valence-electron chi connectivity index (χ4n) is 3.73. The van der Waals surface area contributed by atoms with Crippen molar-refractivity contribution < 1.29 is 4.79 Å². The van der Waals surface area contributed by atoms with Crippen molar-refractivity contribution in [2.24, 2.45) is 0 Å². The van der Waals surface area contributed by atoms with Crippen LogP contribution in [0.5, 0.6) is 0 Å². The third-order valence-electron chi connectivity index (χ3n) is 5.28. The molecule has 0 unspecified atom stereocenters. The molecule has 9 heteroatoms. The maximum Gasteiger partial charge on any atom is 0.169 e. The van der Waals surface area contributed by atoms with E-state index in [0.29, 0.717) is 0 Å². The zero-order chi connectivity index (χ0) is 21.7. The van der Waals surface area contributed by atoms with Crippen molar-refractivity contribution in [2.75, 3.05) is 0 Å². The molecule has 8 nitrogen and oxygen atoms in total. The molecule has 0 aliphatic heterocycles. The molecule has 0 fully saturated rings. The first-order valence-electron chi connectivity index (χ1n) is 9.86. The van der Waals surface area contributed by atoms with E-state index >= 15 is 0 Å². The molecule has 0 aromatic carbocycles. The minimum absolute atomic E-state index is 0.0600. The van der Waals surface area contributed by atoms with Crippen molar-refractivity contribution in [1.82, 2.24) is 35.1 Å². The first-order chi connectivity index (χ1) is 15.7. The van der Waals surface area contributed by atoms with Crippen LogP contribution < -0.4 is 0 Å². The van der Waals surface area contributed by atoms with Crippen LogP contribution in [0.25, 0.3) is 55.0 Å². The third kappa shape index (κ3) is 2.98. The lowest BCUT2D eigenvalue weighted by molar-refractivity contribution is 0.102. The molecule has 0 saturated heterocycles. The molecule has 0 amide bonds. The number of aromatic nitrogens is 7. The van der Waals surface area contributed by atoms with Crippen LogP contribution in [0.1, 0.15) is 16.6 Å². The number of rotatable bonds is 4. The predicted octanol–water partition coefficient (Wildman–Crippen LogP) is 4.89. The molecular formula is C23H15N7OS. The molecule has 0 spiro atoms. The molecule has 154 valence electrons. The average molecular weight is 437 g/mol. The number of carbonyl (C=O) groups is 1. The third-order valence-corrected chi connectivity index (χ3v) is 6.50. The van der Waals surface area contributed by atoms with E-state index < -0.39 is 0 Å². The van der Waals surface area contributed by atoms with E-state index in [1.807, 2.05) is 30.5 Å². The van der Waals surface area contributed by atoms with Gasteiger partial charge in [-0.1, -0.05) is 0 Å². The maximum atomic E-state index is 11.7. The van der Waals surface area contributed by atoms with E-state index in [4.69, 9.17) is 4.98 Å². The molecule has 32 heavy (non-hydrogen) atoms. The fourth-order valence-corrected chi connectivity index (χ4v) is 4.65. The summed E-state index contributed by atoms with van der Waals surface area (Å²) in [5.74, 6) is 0.0600. The zero-order valence-corrected chi connectivity index (χ0v) is 17.6. The van der Waals surface area contributed by atoms with Crippen molar-refractivity contribution in [1.29, 1.82) is 0 Å². The van der Waals surface area contributed by atoms with Crippen LogP contribution in [0.3, 0.4) is 0 Å². The lowest BCUT2D eigenvalue weighted by Gasteiger charge is -2.00. The quantitative estimate of drug-likeness (QED) is 0.380. The molecule has 2 N–H and O–H groups in total. The van der Waals surface area contributed by atoms with Gasteiger partial charge in [0.2, 0.25) is 0 Å². The van der Waals surface area contributed by atoms with Crippen LogP contribution in [0.15, 0.2) is 61.4 Å². The van der Waals surface area contributed by atoms with E-state index in [9.17, 15) is 4.79 Å². The van der Waals surface area contributed by atoms with Crippen LogP contribution in [-0.2, 0) is 0 Å². The molecule has 0 bridgehead atoms. The Morgan fingerprint density at radius 3 is 2.66 bits per heavy atom. The number of ketones is 1. The van der Waals surface area contributed by atoms with Crippen molar-refractivity contribution in [3.63, 3.8) is 0 Å². The maximum absolute atomic E-state index is 11.7. The van der Waals surface area contributed by atoms with Crippen molar-refractivity contribution in [3.8, 4) is 33.1 Å². The summed E-state index contributed by atoms with van der Waals surface area (Å²) < 4.78 is 0. The first kappa shape index (κ1) is 18.5. The Morgan fingerprint density at radius 2 is 1.84 bits per heavy atom. The van der Waals surface area contributed by atoms with Crippen LogP contribution >= 0.6 is 11.3 Å². The monoisotopic (exact) mass is 437 g/mol. The average Bonchev–Trinajstić information content (AvgIpc) is 3.56. The number of nitrogens with zero attached hydrogens (tertiary/aromatic N) is 5. The summed E-state index contributed by atoms with van der Waals surface area (Å²) in [5.41, 5.74) is 6.60. The summed E-state index contributed by atoms with van der Waals surface area (Å²) in [6.07, 6.45) is 8.57. The summed E-state index contributed by atoms with van der Waals surface area (Å²) in [5, 5.41) is 8.58. The molecular weight excluding hydrogens is 422 g/mol. The summed E-state index contributed by atoms with van der Waals surface area (Å²) in [6, 6.07) is 9.74. The Hall–Kier alpha value is -4.24. The minimum atomic E-state index is 0.0600. The number of nitrogens with one attached hydrogen (secondary N) is 2. The Bertz CT molecular complexity index is 1610. The molecule has 6 heterocycles.